The first-order chi connectivity index (χ1) is 5.70. The van der Waals surface area contributed by atoms with Crippen LogP contribution in [0.5, 0.6) is 0 Å². The number of nitrogen functional groups attached to an aromatic ring is 1. The van der Waals surface area contributed by atoms with Crippen LogP contribution < -0.4 is 5.73 Å². The van der Waals surface area contributed by atoms with E-state index in [1.54, 1.807) is 6.20 Å². The molecule has 0 fully saturated rings. The number of halogens is 2. The summed E-state index contributed by atoms with van der Waals surface area (Å²) in [5.41, 5.74) is 6.48. The van der Waals surface area contributed by atoms with E-state index >= 15 is 0 Å². The Bertz CT molecular complexity index is 435. The Kier molecular flexibility index (Phi) is 1.84. The number of hydrogen-bond donors (Lipinski definition) is 1. The van der Waals surface area contributed by atoms with Gasteiger partial charge in [-0.05, 0) is 37.9 Å². The third-order valence-corrected chi connectivity index (χ3v) is 3.58. The summed E-state index contributed by atoms with van der Waals surface area (Å²) in [6.45, 7) is 0. The number of nitrogens with zero attached hydrogens (tertiary/aromatic N) is 2. The van der Waals surface area contributed by atoms with Crippen molar-refractivity contribution in [3.8, 4) is 0 Å². The molecule has 0 radical (unpaired) electrons. The van der Waals surface area contributed by atoms with Crippen LogP contribution in [0, 0.1) is 0 Å². The summed E-state index contributed by atoms with van der Waals surface area (Å²) in [5.74, 6) is 0.637. The molecule has 2 aromatic heterocycles. The lowest BCUT2D eigenvalue weighted by Gasteiger charge is -1.99. The maximum absolute atomic E-state index is 5.66. The molecule has 0 amide bonds. The lowest BCUT2D eigenvalue weighted by atomic mass is 10.5. The van der Waals surface area contributed by atoms with E-state index in [-0.39, 0.29) is 0 Å². The maximum atomic E-state index is 5.66. The zero-order valence-electron chi connectivity index (χ0n) is 5.96. The Morgan fingerprint density at radius 1 is 1.42 bits per heavy atom. The van der Waals surface area contributed by atoms with Crippen molar-refractivity contribution in [2.45, 2.75) is 0 Å². The first kappa shape index (κ1) is 8.07. The Morgan fingerprint density at radius 2 is 2.17 bits per heavy atom. The molecular weight excluding hydrogens is 286 g/mol. The topological polar surface area (TPSA) is 43.3 Å². The van der Waals surface area contributed by atoms with Gasteiger partial charge in [0.1, 0.15) is 5.82 Å². The Hall–Kier alpha value is -0.550. The van der Waals surface area contributed by atoms with Crippen molar-refractivity contribution < 1.29 is 0 Å². The molecule has 0 aliphatic heterocycles. The van der Waals surface area contributed by atoms with Crippen LogP contribution in [-0.4, -0.2) is 9.38 Å². The summed E-state index contributed by atoms with van der Waals surface area (Å²) in [6, 6.07) is 1.91. The predicted octanol–water partition coefficient (Wildman–Crippen LogP) is 2.44. The number of aromatic nitrogens is 2. The summed E-state index contributed by atoms with van der Waals surface area (Å²) in [7, 11) is 0. The summed E-state index contributed by atoms with van der Waals surface area (Å²) < 4.78 is 3.71. The standard InChI is InChI=1S/C7H5Br2N3/c8-4-1-2-12-5(10)3-11-7(12)6(4)9/h1-3H,10H2. The van der Waals surface area contributed by atoms with E-state index in [1.165, 1.54) is 0 Å². The average Bonchev–Trinajstić information content (AvgIpc) is 2.41. The van der Waals surface area contributed by atoms with Gasteiger partial charge in [0.05, 0.1) is 10.7 Å². The van der Waals surface area contributed by atoms with Gasteiger partial charge in [-0.25, -0.2) is 4.98 Å². The summed E-state index contributed by atoms with van der Waals surface area (Å²) in [6.07, 6.45) is 3.50. The van der Waals surface area contributed by atoms with Crippen molar-refractivity contribution in [3.05, 3.63) is 27.4 Å². The minimum absolute atomic E-state index is 0.637. The first-order valence-electron chi connectivity index (χ1n) is 3.26. The second-order valence-corrected chi connectivity index (χ2v) is 4.00. The van der Waals surface area contributed by atoms with E-state index < -0.39 is 0 Å². The minimum Gasteiger partial charge on any atom is -0.383 e. The van der Waals surface area contributed by atoms with Crippen LogP contribution in [0.3, 0.4) is 0 Å². The fraction of sp³-hybridized carbons (Fsp3) is 0. The van der Waals surface area contributed by atoms with Crippen LogP contribution >= 0.6 is 31.9 Å². The molecule has 2 N–H and O–H groups in total. The van der Waals surface area contributed by atoms with Gasteiger partial charge in [0, 0.05) is 10.7 Å². The second-order valence-electron chi connectivity index (χ2n) is 2.35. The zero-order chi connectivity index (χ0) is 8.72. The van der Waals surface area contributed by atoms with Crippen LogP contribution in [0.25, 0.3) is 5.65 Å². The number of nitrogens with two attached hydrogens (primary N) is 1. The predicted molar refractivity (Wildman–Crippen MR) is 55.0 cm³/mol. The van der Waals surface area contributed by atoms with Crippen LogP contribution in [0.4, 0.5) is 5.82 Å². The van der Waals surface area contributed by atoms with E-state index in [4.69, 9.17) is 5.73 Å². The lowest BCUT2D eigenvalue weighted by Crippen LogP contribution is -1.92. The molecule has 3 nitrogen and oxygen atoms in total. The van der Waals surface area contributed by atoms with Gasteiger partial charge in [-0.2, -0.15) is 0 Å². The lowest BCUT2D eigenvalue weighted by molar-refractivity contribution is 1.18. The number of pyridine rings is 1. The Labute approximate surface area is 85.8 Å². The van der Waals surface area contributed by atoms with Gasteiger partial charge in [0.25, 0.3) is 0 Å². The van der Waals surface area contributed by atoms with Crippen molar-refractivity contribution >= 4 is 43.3 Å². The van der Waals surface area contributed by atoms with E-state index in [9.17, 15) is 0 Å². The highest BCUT2D eigenvalue weighted by atomic mass is 79.9. The monoisotopic (exact) mass is 289 g/mol. The van der Waals surface area contributed by atoms with Gasteiger partial charge >= 0.3 is 0 Å². The number of anilines is 1. The van der Waals surface area contributed by atoms with Crippen LogP contribution in [-0.2, 0) is 0 Å². The average molecular weight is 291 g/mol. The molecule has 0 atom stereocenters. The van der Waals surface area contributed by atoms with Crippen molar-refractivity contribution in [3.63, 3.8) is 0 Å². The molecule has 2 heterocycles. The number of hydrogen-bond acceptors (Lipinski definition) is 2. The fourth-order valence-corrected chi connectivity index (χ4v) is 1.73. The number of fused-ring (bicyclic) bond motifs is 1. The molecule has 2 aromatic rings. The molecule has 0 bridgehead atoms. The van der Waals surface area contributed by atoms with E-state index in [0.29, 0.717) is 5.82 Å². The normalized spacial score (nSPS) is 10.8. The quantitative estimate of drug-likeness (QED) is 0.810. The van der Waals surface area contributed by atoms with Crippen LogP contribution in [0.15, 0.2) is 27.4 Å². The molecule has 0 spiro atoms. The molecule has 0 saturated heterocycles. The molecule has 5 heteroatoms. The van der Waals surface area contributed by atoms with Gasteiger partial charge < -0.3 is 5.73 Å². The van der Waals surface area contributed by atoms with Crippen LogP contribution in [0.2, 0.25) is 0 Å². The molecular formula is C7H5Br2N3. The van der Waals surface area contributed by atoms with Crippen molar-refractivity contribution in [1.29, 1.82) is 0 Å². The minimum atomic E-state index is 0.637. The molecule has 62 valence electrons. The number of imidazole rings is 1. The smallest absolute Gasteiger partial charge is 0.153 e. The van der Waals surface area contributed by atoms with Gasteiger partial charge in [-0.1, -0.05) is 0 Å². The van der Waals surface area contributed by atoms with Crippen molar-refractivity contribution in [1.82, 2.24) is 9.38 Å². The highest BCUT2D eigenvalue weighted by molar-refractivity contribution is 9.13. The van der Waals surface area contributed by atoms with Gasteiger partial charge in [0.15, 0.2) is 5.65 Å². The van der Waals surface area contributed by atoms with Gasteiger partial charge in [0.2, 0.25) is 0 Å². The highest BCUT2D eigenvalue weighted by Crippen LogP contribution is 2.27. The largest absolute Gasteiger partial charge is 0.383 e. The second kappa shape index (κ2) is 2.74. The zero-order valence-corrected chi connectivity index (χ0v) is 9.13. The SMILES string of the molecule is Nc1cnc2c(Br)c(Br)ccn12. The van der Waals surface area contributed by atoms with Crippen LogP contribution in [0.1, 0.15) is 0 Å². The highest BCUT2D eigenvalue weighted by Gasteiger charge is 2.05. The molecule has 0 aliphatic rings. The molecule has 12 heavy (non-hydrogen) atoms. The summed E-state index contributed by atoms with van der Waals surface area (Å²) in [5, 5.41) is 0. The van der Waals surface area contributed by atoms with E-state index in [1.807, 2.05) is 16.7 Å². The Morgan fingerprint density at radius 3 is 2.92 bits per heavy atom. The fourth-order valence-electron chi connectivity index (χ4n) is 1.01. The molecule has 0 aliphatic carbocycles. The van der Waals surface area contributed by atoms with Crippen molar-refractivity contribution in [2.75, 3.05) is 5.73 Å². The van der Waals surface area contributed by atoms with E-state index in [2.05, 4.69) is 36.8 Å². The van der Waals surface area contributed by atoms with Gasteiger partial charge in [-0.3, -0.25) is 4.40 Å². The summed E-state index contributed by atoms with van der Waals surface area (Å²) >= 11 is 6.79. The maximum Gasteiger partial charge on any atom is 0.153 e. The third kappa shape index (κ3) is 1.04. The number of rotatable bonds is 0. The Balaban J connectivity index is 2.93. The third-order valence-electron chi connectivity index (χ3n) is 1.60. The molecule has 0 aromatic carbocycles. The van der Waals surface area contributed by atoms with E-state index in [0.717, 1.165) is 14.6 Å². The molecule has 2 rings (SSSR count). The summed E-state index contributed by atoms with van der Waals surface area (Å²) in [4.78, 5) is 4.14. The first-order valence-corrected chi connectivity index (χ1v) is 4.85. The van der Waals surface area contributed by atoms with Gasteiger partial charge in [-0.15, -0.1) is 0 Å². The molecule has 0 unspecified atom stereocenters. The molecule has 0 saturated carbocycles. The van der Waals surface area contributed by atoms with Crippen molar-refractivity contribution in [2.24, 2.45) is 0 Å².